The number of amides is 2. The summed E-state index contributed by atoms with van der Waals surface area (Å²) in [5.41, 5.74) is 6.11. The standard InChI is InChI=1S/C21H20ClN3O4S2/c1-15-11-12-30-20(15)21(27)24-23-19(26)14-25(13-16-5-3-2-4-6-16)31(28,29)18-9-7-17(22)8-10-18/h2-12H,13-14H2,1H3,(H,23,26)(H,24,27). The van der Waals surface area contributed by atoms with Crippen molar-refractivity contribution in [2.45, 2.75) is 18.4 Å². The third-order valence-corrected chi connectivity index (χ3v) is 7.43. The molecule has 7 nitrogen and oxygen atoms in total. The van der Waals surface area contributed by atoms with Gasteiger partial charge in [-0.05, 0) is 53.8 Å². The quantitative estimate of drug-likeness (QED) is 0.510. The Morgan fingerprint density at radius 1 is 1.00 bits per heavy atom. The number of nitrogens with zero attached hydrogens (tertiary/aromatic N) is 1. The molecule has 1 heterocycles. The number of benzene rings is 2. The second-order valence-electron chi connectivity index (χ2n) is 6.65. The second kappa shape index (κ2) is 10.1. The van der Waals surface area contributed by atoms with Crippen LogP contribution in [0.3, 0.4) is 0 Å². The molecule has 0 spiro atoms. The molecule has 0 unspecified atom stereocenters. The van der Waals surface area contributed by atoms with E-state index >= 15 is 0 Å². The first kappa shape index (κ1) is 23.0. The number of aryl methyl sites for hydroxylation is 1. The fourth-order valence-electron chi connectivity index (χ4n) is 2.76. The number of carbonyl (C=O) groups excluding carboxylic acids is 2. The number of carbonyl (C=O) groups is 2. The molecule has 1 aromatic heterocycles. The van der Waals surface area contributed by atoms with Crippen LogP contribution < -0.4 is 10.9 Å². The zero-order valence-corrected chi connectivity index (χ0v) is 18.9. The molecular formula is C21H20ClN3O4S2. The number of nitrogens with one attached hydrogen (secondary N) is 2. The van der Waals surface area contributed by atoms with E-state index in [1.165, 1.54) is 35.6 Å². The van der Waals surface area contributed by atoms with Crippen LogP contribution in [0.2, 0.25) is 5.02 Å². The fraction of sp³-hybridized carbons (Fsp3) is 0.143. The lowest BCUT2D eigenvalue weighted by Crippen LogP contribution is -2.47. The van der Waals surface area contributed by atoms with Crippen LogP contribution in [0.4, 0.5) is 0 Å². The van der Waals surface area contributed by atoms with Crippen molar-refractivity contribution < 1.29 is 18.0 Å². The SMILES string of the molecule is Cc1ccsc1C(=O)NNC(=O)CN(Cc1ccccc1)S(=O)(=O)c1ccc(Cl)cc1. The Labute approximate surface area is 189 Å². The Bertz CT molecular complexity index is 1160. The number of hydrazine groups is 1. The van der Waals surface area contributed by atoms with Gasteiger partial charge >= 0.3 is 0 Å². The van der Waals surface area contributed by atoms with Gasteiger partial charge in [-0.3, -0.25) is 20.4 Å². The third kappa shape index (κ3) is 5.92. The van der Waals surface area contributed by atoms with Crippen molar-refractivity contribution in [3.05, 3.63) is 87.1 Å². The highest BCUT2D eigenvalue weighted by molar-refractivity contribution is 7.89. The van der Waals surface area contributed by atoms with E-state index in [4.69, 9.17) is 11.6 Å². The maximum atomic E-state index is 13.2. The van der Waals surface area contributed by atoms with E-state index < -0.39 is 28.4 Å². The second-order valence-corrected chi connectivity index (χ2v) is 9.94. The van der Waals surface area contributed by atoms with Crippen LogP contribution in [0.15, 0.2) is 70.9 Å². The molecule has 3 rings (SSSR count). The third-order valence-electron chi connectivity index (χ3n) is 4.36. The molecule has 2 aromatic carbocycles. The summed E-state index contributed by atoms with van der Waals surface area (Å²) < 4.78 is 27.4. The van der Waals surface area contributed by atoms with Crippen molar-refractivity contribution >= 4 is 44.8 Å². The minimum atomic E-state index is -4.00. The van der Waals surface area contributed by atoms with Crippen molar-refractivity contribution in [2.75, 3.05) is 6.54 Å². The molecule has 0 fully saturated rings. The first-order valence-corrected chi connectivity index (χ1v) is 11.9. The molecule has 3 aromatic rings. The minimum Gasteiger partial charge on any atom is -0.272 e. The van der Waals surface area contributed by atoms with E-state index in [-0.39, 0.29) is 11.4 Å². The average Bonchev–Trinajstić information content (AvgIpc) is 3.18. The Kier molecular flexibility index (Phi) is 7.45. The summed E-state index contributed by atoms with van der Waals surface area (Å²) in [6, 6.07) is 16.4. The molecule has 0 radical (unpaired) electrons. The molecule has 0 aliphatic rings. The number of rotatable bonds is 7. The van der Waals surface area contributed by atoms with Crippen molar-refractivity contribution in [3.8, 4) is 0 Å². The number of hydrogen-bond acceptors (Lipinski definition) is 5. The Balaban J connectivity index is 1.76. The van der Waals surface area contributed by atoms with Gasteiger partial charge < -0.3 is 0 Å². The smallest absolute Gasteiger partial charge is 0.272 e. The van der Waals surface area contributed by atoms with Crippen molar-refractivity contribution in [2.24, 2.45) is 0 Å². The average molecular weight is 478 g/mol. The molecular weight excluding hydrogens is 458 g/mol. The molecule has 0 saturated carbocycles. The molecule has 31 heavy (non-hydrogen) atoms. The summed E-state index contributed by atoms with van der Waals surface area (Å²) >= 11 is 7.12. The number of thiophene rings is 1. The highest BCUT2D eigenvalue weighted by atomic mass is 35.5. The zero-order valence-electron chi connectivity index (χ0n) is 16.5. The fourth-order valence-corrected chi connectivity index (χ4v) is 5.09. The van der Waals surface area contributed by atoms with E-state index in [0.717, 1.165) is 9.87 Å². The van der Waals surface area contributed by atoms with Gasteiger partial charge in [-0.15, -0.1) is 11.3 Å². The van der Waals surface area contributed by atoms with Gasteiger partial charge in [0, 0.05) is 11.6 Å². The lowest BCUT2D eigenvalue weighted by Gasteiger charge is -2.22. The van der Waals surface area contributed by atoms with Gasteiger partial charge in [0.15, 0.2) is 0 Å². The van der Waals surface area contributed by atoms with Gasteiger partial charge in [0.2, 0.25) is 10.0 Å². The van der Waals surface area contributed by atoms with E-state index in [0.29, 0.717) is 15.5 Å². The molecule has 162 valence electrons. The van der Waals surface area contributed by atoms with Crippen molar-refractivity contribution in [1.82, 2.24) is 15.2 Å². The van der Waals surface area contributed by atoms with E-state index in [1.807, 2.05) is 6.07 Å². The maximum absolute atomic E-state index is 13.2. The predicted octanol–water partition coefficient (Wildman–Crippen LogP) is 3.36. The molecule has 0 atom stereocenters. The molecule has 2 N–H and O–H groups in total. The van der Waals surface area contributed by atoms with Crippen molar-refractivity contribution in [3.63, 3.8) is 0 Å². The molecule has 2 amide bonds. The highest BCUT2D eigenvalue weighted by Gasteiger charge is 2.27. The van der Waals surface area contributed by atoms with Crippen molar-refractivity contribution in [1.29, 1.82) is 0 Å². The molecule has 0 aliphatic carbocycles. The van der Waals surface area contributed by atoms with Gasteiger partial charge in [0.1, 0.15) is 0 Å². The maximum Gasteiger partial charge on any atom is 0.280 e. The van der Waals surface area contributed by atoms with E-state index in [2.05, 4.69) is 10.9 Å². The number of halogens is 1. The van der Waals surface area contributed by atoms with Gasteiger partial charge in [-0.1, -0.05) is 41.9 Å². The van der Waals surface area contributed by atoms with Crippen LogP contribution in [0.1, 0.15) is 20.8 Å². The summed E-state index contributed by atoms with van der Waals surface area (Å²) in [6.07, 6.45) is 0. The largest absolute Gasteiger partial charge is 0.280 e. The van der Waals surface area contributed by atoms with Gasteiger partial charge in [-0.2, -0.15) is 4.31 Å². The first-order valence-electron chi connectivity index (χ1n) is 9.20. The summed E-state index contributed by atoms with van der Waals surface area (Å²) in [5.74, 6) is -1.13. The van der Waals surface area contributed by atoms with Crippen LogP contribution in [-0.2, 0) is 21.4 Å². The van der Waals surface area contributed by atoms with Gasteiger partial charge in [0.25, 0.3) is 11.8 Å². The lowest BCUT2D eigenvalue weighted by atomic mass is 10.2. The minimum absolute atomic E-state index is 0.0128. The van der Waals surface area contributed by atoms with Crippen LogP contribution in [0, 0.1) is 6.92 Å². The van der Waals surface area contributed by atoms with E-state index in [1.54, 1.807) is 42.6 Å². The van der Waals surface area contributed by atoms with Crippen LogP contribution >= 0.6 is 22.9 Å². The topological polar surface area (TPSA) is 95.6 Å². The van der Waals surface area contributed by atoms with E-state index in [9.17, 15) is 18.0 Å². The summed E-state index contributed by atoms with van der Waals surface area (Å²) in [4.78, 5) is 25.2. The van der Waals surface area contributed by atoms with Crippen LogP contribution in [-0.4, -0.2) is 31.1 Å². The van der Waals surface area contributed by atoms with Gasteiger partial charge in [0.05, 0.1) is 16.3 Å². The zero-order chi connectivity index (χ0) is 22.4. The summed E-state index contributed by atoms with van der Waals surface area (Å²) in [6.45, 7) is 1.29. The predicted molar refractivity (Wildman–Crippen MR) is 120 cm³/mol. The molecule has 0 bridgehead atoms. The number of hydrogen-bond donors (Lipinski definition) is 2. The Hall–Kier alpha value is -2.72. The highest BCUT2D eigenvalue weighted by Crippen LogP contribution is 2.20. The molecule has 0 aliphatic heterocycles. The first-order chi connectivity index (χ1) is 14.8. The summed E-state index contributed by atoms with van der Waals surface area (Å²) in [5, 5.41) is 2.17. The number of sulfonamides is 1. The monoisotopic (exact) mass is 477 g/mol. The normalized spacial score (nSPS) is 11.3. The molecule has 0 saturated heterocycles. The van der Waals surface area contributed by atoms with Crippen LogP contribution in [0.25, 0.3) is 0 Å². The lowest BCUT2D eigenvalue weighted by molar-refractivity contribution is -0.122. The van der Waals surface area contributed by atoms with Crippen LogP contribution in [0.5, 0.6) is 0 Å². The van der Waals surface area contributed by atoms with Gasteiger partial charge in [-0.25, -0.2) is 8.42 Å². The Morgan fingerprint density at radius 3 is 2.29 bits per heavy atom. The summed E-state index contributed by atoms with van der Waals surface area (Å²) in [7, 11) is -4.00. The Morgan fingerprint density at radius 2 is 1.68 bits per heavy atom. The molecule has 10 heteroatoms.